The Morgan fingerprint density at radius 1 is 1.40 bits per heavy atom. The minimum Gasteiger partial charge on any atom is -0.313 e. The van der Waals surface area contributed by atoms with E-state index in [0.717, 1.165) is 25.9 Å². The van der Waals surface area contributed by atoms with Crippen LogP contribution in [-0.4, -0.2) is 38.1 Å². The van der Waals surface area contributed by atoms with Crippen LogP contribution in [0.3, 0.4) is 0 Å². The van der Waals surface area contributed by atoms with Gasteiger partial charge in [-0.05, 0) is 54.3 Å². The fourth-order valence-electron chi connectivity index (χ4n) is 1.55. The molecule has 0 aromatic rings. The van der Waals surface area contributed by atoms with Gasteiger partial charge in [-0.15, -0.1) is 0 Å². The summed E-state index contributed by atoms with van der Waals surface area (Å²) in [6.45, 7) is 8.24. The van der Waals surface area contributed by atoms with Crippen LogP contribution < -0.4 is 5.32 Å². The molecular formula is C12H25N3. The highest BCUT2D eigenvalue weighted by molar-refractivity contribution is 4.91. The van der Waals surface area contributed by atoms with Gasteiger partial charge in [0.1, 0.15) is 0 Å². The first kappa shape index (κ1) is 14.4. The average molecular weight is 211 g/mol. The number of hydrogen-bond acceptors (Lipinski definition) is 3. The fraction of sp³-hybridized carbons (Fsp3) is 0.917. The number of likely N-dealkylation sites (N-methyl/N-ethyl adjacent to an activating group) is 1. The van der Waals surface area contributed by atoms with Crippen molar-refractivity contribution in [3.05, 3.63) is 0 Å². The number of nitrogens with zero attached hydrogens (tertiary/aromatic N) is 2. The largest absolute Gasteiger partial charge is 0.313 e. The highest BCUT2D eigenvalue weighted by atomic mass is 15.1. The molecule has 0 bridgehead atoms. The third-order valence-corrected chi connectivity index (χ3v) is 2.41. The Labute approximate surface area is 94.5 Å². The molecule has 0 aliphatic heterocycles. The predicted octanol–water partition coefficient (Wildman–Crippen LogP) is 1.86. The number of hydrogen-bond donors (Lipinski definition) is 1. The van der Waals surface area contributed by atoms with Gasteiger partial charge in [0.05, 0.1) is 11.5 Å². The first-order valence-corrected chi connectivity index (χ1v) is 5.67. The molecule has 0 rings (SSSR count). The lowest BCUT2D eigenvalue weighted by atomic mass is 9.90. The SMILES string of the molecule is CC(CN(C)C)NCCCC(C)(C)C#N. The van der Waals surface area contributed by atoms with Crippen molar-refractivity contribution >= 4 is 0 Å². The van der Waals surface area contributed by atoms with E-state index in [1.165, 1.54) is 0 Å². The molecule has 1 atom stereocenters. The van der Waals surface area contributed by atoms with E-state index in [9.17, 15) is 0 Å². The molecule has 15 heavy (non-hydrogen) atoms. The minimum atomic E-state index is -0.174. The molecule has 88 valence electrons. The molecule has 0 aliphatic carbocycles. The second-order valence-electron chi connectivity index (χ2n) is 5.22. The third kappa shape index (κ3) is 8.41. The second kappa shape index (κ2) is 6.81. The van der Waals surface area contributed by atoms with Gasteiger partial charge in [-0.25, -0.2) is 0 Å². The summed E-state index contributed by atoms with van der Waals surface area (Å²) >= 11 is 0. The van der Waals surface area contributed by atoms with Crippen molar-refractivity contribution in [1.29, 1.82) is 5.26 Å². The summed E-state index contributed by atoms with van der Waals surface area (Å²) in [5, 5.41) is 12.3. The normalized spacial score (nSPS) is 13.9. The topological polar surface area (TPSA) is 39.1 Å². The van der Waals surface area contributed by atoms with Gasteiger partial charge in [-0.2, -0.15) is 5.26 Å². The van der Waals surface area contributed by atoms with Crippen LogP contribution in [0.25, 0.3) is 0 Å². The van der Waals surface area contributed by atoms with Crippen molar-refractivity contribution in [2.24, 2.45) is 5.41 Å². The van der Waals surface area contributed by atoms with Gasteiger partial charge in [0, 0.05) is 12.6 Å². The quantitative estimate of drug-likeness (QED) is 0.653. The summed E-state index contributed by atoms with van der Waals surface area (Å²) in [4.78, 5) is 2.18. The zero-order valence-electron chi connectivity index (χ0n) is 10.8. The minimum absolute atomic E-state index is 0.174. The highest BCUT2D eigenvalue weighted by Gasteiger charge is 2.15. The number of rotatable bonds is 7. The molecule has 0 aliphatic rings. The molecule has 0 amide bonds. The van der Waals surface area contributed by atoms with Gasteiger partial charge in [-0.3, -0.25) is 0 Å². The van der Waals surface area contributed by atoms with Crippen LogP contribution in [0.2, 0.25) is 0 Å². The van der Waals surface area contributed by atoms with Gasteiger partial charge in [0.15, 0.2) is 0 Å². The smallest absolute Gasteiger partial charge is 0.0683 e. The monoisotopic (exact) mass is 211 g/mol. The Kier molecular flexibility index (Phi) is 6.55. The standard InChI is InChI=1S/C12H25N3/c1-11(9-15(4)5)14-8-6-7-12(2,3)10-13/h11,14H,6-9H2,1-5H3. The van der Waals surface area contributed by atoms with Crippen LogP contribution in [0.5, 0.6) is 0 Å². The molecule has 0 aromatic heterocycles. The van der Waals surface area contributed by atoms with Crippen LogP contribution in [-0.2, 0) is 0 Å². The van der Waals surface area contributed by atoms with E-state index in [0.29, 0.717) is 6.04 Å². The van der Waals surface area contributed by atoms with Crippen molar-refractivity contribution < 1.29 is 0 Å². The molecule has 1 unspecified atom stereocenters. The van der Waals surface area contributed by atoms with E-state index in [4.69, 9.17) is 5.26 Å². The van der Waals surface area contributed by atoms with E-state index >= 15 is 0 Å². The molecule has 0 saturated heterocycles. The predicted molar refractivity (Wildman–Crippen MR) is 64.6 cm³/mol. The number of nitrogens with one attached hydrogen (secondary N) is 1. The van der Waals surface area contributed by atoms with Crippen molar-refractivity contribution in [1.82, 2.24) is 10.2 Å². The summed E-state index contributed by atoms with van der Waals surface area (Å²) < 4.78 is 0. The van der Waals surface area contributed by atoms with Crippen molar-refractivity contribution in [2.45, 2.75) is 39.7 Å². The van der Waals surface area contributed by atoms with E-state index in [1.54, 1.807) is 0 Å². The van der Waals surface area contributed by atoms with Crippen molar-refractivity contribution in [3.8, 4) is 6.07 Å². The molecular weight excluding hydrogens is 186 g/mol. The first-order valence-electron chi connectivity index (χ1n) is 5.67. The average Bonchev–Trinajstić information content (AvgIpc) is 2.11. The van der Waals surface area contributed by atoms with Gasteiger partial charge < -0.3 is 10.2 Å². The Morgan fingerprint density at radius 2 is 2.00 bits per heavy atom. The molecule has 0 fully saturated rings. The number of nitriles is 1. The second-order valence-corrected chi connectivity index (χ2v) is 5.22. The summed E-state index contributed by atoms with van der Waals surface area (Å²) in [6, 6.07) is 2.84. The third-order valence-electron chi connectivity index (χ3n) is 2.41. The van der Waals surface area contributed by atoms with Gasteiger partial charge in [-0.1, -0.05) is 0 Å². The maximum Gasteiger partial charge on any atom is 0.0683 e. The Morgan fingerprint density at radius 3 is 2.47 bits per heavy atom. The molecule has 0 radical (unpaired) electrons. The van der Waals surface area contributed by atoms with Crippen molar-refractivity contribution in [2.75, 3.05) is 27.2 Å². The van der Waals surface area contributed by atoms with Crippen LogP contribution in [0.4, 0.5) is 0 Å². The summed E-state index contributed by atoms with van der Waals surface area (Å²) in [5.41, 5.74) is -0.174. The first-order chi connectivity index (χ1) is 6.87. The maximum atomic E-state index is 8.84. The molecule has 3 heteroatoms. The highest BCUT2D eigenvalue weighted by Crippen LogP contribution is 2.19. The van der Waals surface area contributed by atoms with Crippen LogP contribution in [0.1, 0.15) is 33.6 Å². The zero-order valence-corrected chi connectivity index (χ0v) is 10.8. The fourth-order valence-corrected chi connectivity index (χ4v) is 1.55. The maximum absolute atomic E-state index is 8.84. The molecule has 0 saturated carbocycles. The van der Waals surface area contributed by atoms with Gasteiger partial charge in [0.2, 0.25) is 0 Å². The van der Waals surface area contributed by atoms with E-state index < -0.39 is 0 Å². The summed E-state index contributed by atoms with van der Waals surface area (Å²) in [6.07, 6.45) is 2.03. The summed E-state index contributed by atoms with van der Waals surface area (Å²) in [5.74, 6) is 0. The van der Waals surface area contributed by atoms with Crippen LogP contribution >= 0.6 is 0 Å². The van der Waals surface area contributed by atoms with Gasteiger partial charge in [0.25, 0.3) is 0 Å². The lowest BCUT2D eigenvalue weighted by Gasteiger charge is -2.19. The lowest BCUT2D eigenvalue weighted by molar-refractivity contribution is 0.342. The zero-order chi connectivity index (χ0) is 11.9. The molecule has 0 spiro atoms. The molecule has 1 N–H and O–H groups in total. The Hall–Kier alpha value is -0.590. The summed E-state index contributed by atoms with van der Waals surface area (Å²) in [7, 11) is 4.16. The van der Waals surface area contributed by atoms with E-state index in [1.807, 2.05) is 13.8 Å². The van der Waals surface area contributed by atoms with E-state index in [-0.39, 0.29) is 5.41 Å². The van der Waals surface area contributed by atoms with Crippen LogP contribution in [0.15, 0.2) is 0 Å². The van der Waals surface area contributed by atoms with E-state index in [2.05, 4.69) is 37.3 Å². The van der Waals surface area contributed by atoms with Crippen molar-refractivity contribution in [3.63, 3.8) is 0 Å². The lowest BCUT2D eigenvalue weighted by Crippen LogP contribution is -2.36. The van der Waals surface area contributed by atoms with Crippen LogP contribution in [0, 0.1) is 16.7 Å². The van der Waals surface area contributed by atoms with Gasteiger partial charge >= 0.3 is 0 Å². The molecule has 0 heterocycles. The molecule has 3 nitrogen and oxygen atoms in total. The Bertz CT molecular complexity index is 203. The Balaban J connectivity index is 3.51. The molecule has 0 aromatic carbocycles.